The third-order valence-electron chi connectivity index (χ3n) is 3.26. The fourth-order valence-electron chi connectivity index (χ4n) is 2.05. The number of ether oxygens (including phenoxy) is 3. The molecule has 2 aromatic carbocycles. The van der Waals surface area contributed by atoms with Gasteiger partial charge in [-0.25, -0.2) is 0 Å². The van der Waals surface area contributed by atoms with Crippen LogP contribution in [0.1, 0.15) is 15.9 Å². The van der Waals surface area contributed by atoms with Crippen molar-refractivity contribution in [2.75, 3.05) is 26.6 Å². The molecule has 0 heterocycles. The molecule has 0 saturated carbocycles. The second kappa shape index (κ2) is 7.23. The normalized spacial score (nSPS) is 9.65. The maximum Gasteiger partial charge on any atom is 0.259 e. The van der Waals surface area contributed by atoms with Gasteiger partial charge in [-0.15, -0.1) is 6.42 Å². The van der Waals surface area contributed by atoms with Crippen LogP contribution in [-0.2, 0) is 0 Å². The number of carbonyl (C=O) groups excluding carboxylic acids is 1. The second-order valence-corrected chi connectivity index (χ2v) is 4.58. The zero-order valence-corrected chi connectivity index (χ0v) is 13.2. The van der Waals surface area contributed by atoms with Crippen molar-refractivity contribution < 1.29 is 19.0 Å². The highest BCUT2D eigenvalue weighted by Gasteiger charge is 2.17. The summed E-state index contributed by atoms with van der Waals surface area (Å²) in [6, 6.07) is 10.2. The number of amides is 1. The van der Waals surface area contributed by atoms with Gasteiger partial charge in [0.1, 0.15) is 5.75 Å². The Kier molecular flexibility index (Phi) is 5.11. The summed E-state index contributed by atoms with van der Waals surface area (Å²) in [5.41, 5.74) is 1.71. The molecular weight excluding hydrogens is 294 g/mol. The van der Waals surface area contributed by atoms with Crippen molar-refractivity contribution in [1.82, 2.24) is 0 Å². The van der Waals surface area contributed by atoms with Gasteiger partial charge in [0.15, 0.2) is 11.5 Å². The van der Waals surface area contributed by atoms with E-state index >= 15 is 0 Å². The molecule has 0 aliphatic rings. The zero-order valence-electron chi connectivity index (χ0n) is 13.2. The van der Waals surface area contributed by atoms with Crippen LogP contribution in [0, 0.1) is 12.3 Å². The van der Waals surface area contributed by atoms with E-state index in [9.17, 15) is 4.79 Å². The minimum Gasteiger partial charge on any atom is -0.496 e. The lowest BCUT2D eigenvalue weighted by atomic mass is 10.1. The molecule has 0 aliphatic carbocycles. The Hall–Kier alpha value is -3.13. The van der Waals surface area contributed by atoms with Crippen LogP contribution in [0.25, 0.3) is 0 Å². The van der Waals surface area contributed by atoms with Crippen molar-refractivity contribution in [3.05, 3.63) is 47.5 Å². The lowest BCUT2D eigenvalue weighted by Gasteiger charge is -2.14. The van der Waals surface area contributed by atoms with Gasteiger partial charge in [0.2, 0.25) is 0 Å². The number of methoxy groups -OCH3 is 3. The highest BCUT2D eigenvalue weighted by Crippen LogP contribution is 2.34. The van der Waals surface area contributed by atoms with Crippen molar-refractivity contribution in [1.29, 1.82) is 0 Å². The molecule has 0 aromatic heterocycles. The molecule has 0 bridgehead atoms. The molecule has 2 aromatic rings. The molecule has 0 unspecified atom stereocenters. The Morgan fingerprint density at radius 2 is 1.52 bits per heavy atom. The molecule has 23 heavy (non-hydrogen) atoms. The Balaban J connectivity index is 2.32. The monoisotopic (exact) mass is 311 g/mol. The highest BCUT2D eigenvalue weighted by atomic mass is 16.5. The molecular formula is C18H17NO4. The molecule has 0 aliphatic heterocycles. The van der Waals surface area contributed by atoms with Crippen LogP contribution >= 0.6 is 0 Å². The lowest BCUT2D eigenvalue weighted by molar-refractivity contribution is 0.102. The molecule has 0 atom stereocenters. The number of hydrogen-bond acceptors (Lipinski definition) is 4. The van der Waals surface area contributed by atoms with Crippen LogP contribution in [0.5, 0.6) is 17.2 Å². The quantitative estimate of drug-likeness (QED) is 0.863. The van der Waals surface area contributed by atoms with Gasteiger partial charge >= 0.3 is 0 Å². The van der Waals surface area contributed by atoms with Crippen molar-refractivity contribution in [2.45, 2.75) is 0 Å². The first-order valence-electron chi connectivity index (χ1n) is 6.81. The molecule has 1 amide bonds. The predicted molar refractivity (Wildman–Crippen MR) is 88.4 cm³/mol. The standard InChI is InChI=1S/C18H17NO4/c1-5-12-6-8-13(9-7-12)19-18(20)14-10-16(22-3)17(23-4)11-15(14)21-2/h1,6-11H,2-4H3,(H,19,20). The molecule has 5 nitrogen and oxygen atoms in total. The van der Waals surface area contributed by atoms with Crippen molar-refractivity contribution >= 4 is 11.6 Å². The van der Waals surface area contributed by atoms with Gasteiger partial charge in [-0.2, -0.15) is 0 Å². The van der Waals surface area contributed by atoms with Gasteiger partial charge in [0.05, 0.1) is 26.9 Å². The number of nitrogens with one attached hydrogen (secondary N) is 1. The molecule has 2 rings (SSSR count). The SMILES string of the molecule is C#Cc1ccc(NC(=O)c2cc(OC)c(OC)cc2OC)cc1. The van der Waals surface area contributed by atoms with Gasteiger partial charge in [-0.3, -0.25) is 4.79 Å². The Bertz CT molecular complexity index is 745. The van der Waals surface area contributed by atoms with E-state index in [-0.39, 0.29) is 5.91 Å². The van der Waals surface area contributed by atoms with E-state index < -0.39 is 0 Å². The summed E-state index contributed by atoms with van der Waals surface area (Å²) >= 11 is 0. The van der Waals surface area contributed by atoms with E-state index in [2.05, 4.69) is 11.2 Å². The van der Waals surface area contributed by atoms with Crippen LogP contribution in [0.2, 0.25) is 0 Å². The summed E-state index contributed by atoms with van der Waals surface area (Å²) < 4.78 is 15.7. The van der Waals surface area contributed by atoms with Crippen LogP contribution in [0.3, 0.4) is 0 Å². The van der Waals surface area contributed by atoms with Gasteiger partial charge in [0, 0.05) is 23.4 Å². The van der Waals surface area contributed by atoms with Crippen LogP contribution < -0.4 is 19.5 Å². The summed E-state index contributed by atoms with van der Waals surface area (Å²) in [4.78, 5) is 12.5. The minimum absolute atomic E-state index is 0.323. The Morgan fingerprint density at radius 3 is 2.04 bits per heavy atom. The minimum atomic E-state index is -0.323. The van der Waals surface area contributed by atoms with Gasteiger partial charge in [0.25, 0.3) is 5.91 Å². The molecule has 1 N–H and O–H groups in total. The summed E-state index contributed by atoms with van der Waals surface area (Å²) in [6.45, 7) is 0. The average Bonchev–Trinajstić information content (AvgIpc) is 2.60. The third kappa shape index (κ3) is 3.55. The zero-order chi connectivity index (χ0) is 16.8. The van der Waals surface area contributed by atoms with Crippen LogP contribution in [0.4, 0.5) is 5.69 Å². The molecule has 0 fully saturated rings. The van der Waals surface area contributed by atoms with E-state index in [4.69, 9.17) is 20.6 Å². The first-order valence-corrected chi connectivity index (χ1v) is 6.81. The predicted octanol–water partition coefficient (Wildman–Crippen LogP) is 2.95. The maximum absolute atomic E-state index is 12.5. The first-order chi connectivity index (χ1) is 11.1. The summed E-state index contributed by atoms with van der Waals surface area (Å²) in [6.07, 6.45) is 5.31. The Morgan fingerprint density at radius 1 is 0.957 bits per heavy atom. The van der Waals surface area contributed by atoms with Crippen LogP contribution in [-0.4, -0.2) is 27.2 Å². The van der Waals surface area contributed by atoms with E-state index in [0.717, 1.165) is 5.56 Å². The van der Waals surface area contributed by atoms with E-state index in [1.54, 1.807) is 36.4 Å². The van der Waals surface area contributed by atoms with Crippen molar-refractivity contribution in [3.63, 3.8) is 0 Å². The molecule has 0 radical (unpaired) electrons. The van der Waals surface area contributed by atoms with E-state index in [1.807, 2.05) is 0 Å². The van der Waals surface area contributed by atoms with Gasteiger partial charge < -0.3 is 19.5 Å². The Labute approximate surface area is 135 Å². The number of terminal acetylenes is 1. The summed E-state index contributed by atoms with van der Waals surface area (Å²) in [7, 11) is 4.51. The second-order valence-electron chi connectivity index (χ2n) is 4.58. The molecule has 118 valence electrons. The van der Waals surface area contributed by atoms with Gasteiger partial charge in [-0.05, 0) is 24.3 Å². The number of benzene rings is 2. The lowest BCUT2D eigenvalue weighted by Crippen LogP contribution is -2.13. The largest absolute Gasteiger partial charge is 0.496 e. The number of anilines is 1. The number of rotatable bonds is 5. The van der Waals surface area contributed by atoms with Crippen LogP contribution in [0.15, 0.2) is 36.4 Å². The highest BCUT2D eigenvalue weighted by molar-refractivity contribution is 6.06. The van der Waals surface area contributed by atoms with E-state index in [0.29, 0.717) is 28.5 Å². The van der Waals surface area contributed by atoms with E-state index in [1.165, 1.54) is 21.3 Å². The summed E-state index contributed by atoms with van der Waals surface area (Å²) in [5.74, 6) is 3.52. The number of hydrogen-bond donors (Lipinski definition) is 1. The van der Waals surface area contributed by atoms with Crippen molar-refractivity contribution in [3.8, 4) is 29.6 Å². The summed E-state index contributed by atoms with van der Waals surface area (Å²) in [5, 5.41) is 2.79. The van der Waals surface area contributed by atoms with Gasteiger partial charge in [-0.1, -0.05) is 5.92 Å². The number of carbonyl (C=O) groups is 1. The molecule has 0 spiro atoms. The topological polar surface area (TPSA) is 56.8 Å². The third-order valence-corrected chi connectivity index (χ3v) is 3.26. The fraction of sp³-hybridized carbons (Fsp3) is 0.167. The molecule has 5 heteroatoms. The maximum atomic E-state index is 12.5. The average molecular weight is 311 g/mol. The van der Waals surface area contributed by atoms with Crippen molar-refractivity contribution in [2.24, 2.45) is 0 Å². The molecule has 0 saturated heterocycles. The first kappa shape index (κ1) is 16.2. The fourth-order valence-corrected chi connectivity index (χ4v) is 2.05. The smallest absolute Gasteiger partial charge is 0.259 e.